The molecule has 3 rings (SSSR count). The average Bonchev–Trinajstić information content (AvgIpc) is 2.57. The number of aryl methyl sites for hydroxylation is 1. The first-order valence-corrected chi connectivity index (χ1v) is 8.91. The Morgan fingerprint density at radius 2 is 2.04 bits per heavy atom. The van der Waals surface area contributed by atoms with Crippen molar-refractivity contribution in [3.63, 3.8) is 0 Å². The van der Waals surface area contributed by atoms with E-state index in [0.29, 0.717) is 18.7 Å². The van der Waals surface area contributed by atoms with Crippen LogP contribution in [0.25, 0.3) is 0 Å². The smallest absolute Gasteiger partial charge is 0.321 e. The molecule has 2 aliphatic rings. The second-order valence-corrected chi connectivity index (χ2v) is 7.07. The standard InChI is InChI=1S/C19H26N2O3/c1-21(12-14-5-2-3-7-17(14)22)19(24)20-15-10-9-13-6-4-8-18(23)16(13)11-15/h9-11,14,17,22H,2-8,12H2,1H3,(H,20,24)/t14-,17-/m1/s1. The van der Waals surface area contributed by atoms with E-state index >= 15 is 0 Å². The fourth-order valence-corrected chi connectivity index (χ4v) is 3.76. The Labute approximate surface area is 143 Å². The fourth-order valence-electron chi connectivity index (χ4n) is 3.76. The number of anilines is 1. The van der Waals surface area contributed by atoms with E-state index in [1.54, 1.807) is 18.0 Å². The number of carbonyl (C=O) groups is 2. The van der Waals surface area contributed by atoms with Gasteiger partial charge in [-0.05, 0) is 43.4 Å². The van der Waals surface area contributed by atoms with Crippen molar-refractivity contribution in [2.75, 3.05) is 18.9 Å². The molecule has 130 valence electrons. The lowest BCUT2D eigenvalue weighted by Gasteiger charge is -2.31. The molecule has 0 aromatic heterocycles. The van der Waals surface area contributed by atoms with Crippen LogP contribution in [0.4, 0.5) is 10.5 Å². The van der Waals surface area contributed by atoms with Crippen LogP contribution in [0.2, 0.25) is 0 Å². The number of benzene rings is 1. The molecule has 1 aromatic rings. The van der Waals surface area contributed by atoms with Gasteiger partial charge in [0.25, 0.3) is 0 Å². The van der Waals surface area contributed by atoms with Gasteiger partial charge in [-0.3, -0.25) is 4.79 Å². The second kappa shape index (κ2) is 7.34. The molecule has 5 nitrogen and oxygen atoms in total. The number of rotatable bonds is 3. The van der Waals surface area contributed by atoms with E-state index in [9.17, 15) is 14.7 Å². The minimum Gasteiger partial charge on any atom is -0.393 e. The van der Waals surface area contributed by atoms with Gasteiger partial charge in [-0.15, -0.1) is 0 Å². The topological polar surface area (TPSA) is 69.6 Å². The molecule has 5 heteroatoms. The highest BCUT2D eigenvalue weighted by Crippen LogP contribution is 2.26. The summed E-state index contributed by atoms with van der Waals surface area (Å²) in [7, 11) is 1.75. The molecule has 1 aromatic carbocycles. The number of aliphatic hydroxyl groups is 1. The third-order valence-electron chi connectivity index (χ3n) is 5.24. The van der Waals surface area contributed by atoms with Gasteiger partial charge >= 0.3 is 6.03 Å². The van der Waals surface area contributed by atoms with Crippen molar-refractivity contribution in [2.45, 2.75) is 51.0 Å². The molecule has 24 heavy (non-hydrogen) atoms. The minimum absolute atomic E-state index is 0.152. The Morgan fingerprint density at radius 3 is 2.83 bits per heavy atom. The number of nitrogens with zero attached hydrogens (tertiary/aromatic N) is 1. The zero-order valence-corrected chi connectivity index (χ0v) is 14.3. The number of nitrogens with one attached hydrogen (secondary N) is 1. The quantitative estimate of drug-likeness (QED) is 0.894. The van der Waals surface area contributed by atoms with Gasteiger partial charge in [0.2, 0.25) is 0 Å². The molecule has 1 fully saturated rings. The van der Waals surface area contributed by atoms with E-state index in [1.165, 1.54) is 0 Å². The highest BCUT2D eigenvalue weighted by Gasteiger charge is 2.26. The van der Waals surface area contributed by atoms with Crippen LogP contribution in [-0.4, -0.2) is 41.5 Å². The first kappa shape index (κ1) is 17.0. The number of ketones is 1. The maximum atomic E-state index is 12.4. The third kappa shape index (κ3) is 3.78. The predicted octanol–water partition coefficient (Wildman–Crippen LogP) is 3.22. The maximum Gasteiger partial charge on any atom is 0.321 e. The Balaban J connectivity index is 1.62. The summed E-state index contributed by atoms with van der Waals surface area (Å²) in [5.74, 6) is 0.311. The molecule has 0 radical (unpaired) electrons. The largest absolute Gasteiger partial charge is 0.393 e. The van der Waals surface area contributed by atoms with E-state index < -0.39 is 0 Å². The van der Waals surface area contributed by atoms with Crippen LogP contribution in [0.15, 0.2) is 18.2 Å². The van der Waals surface area contributed by atoms with Crippen LogP contribution < -0.4 is 5.32 Å². The molecular formula is C19H26N2O3. The van der Waals surface area contributed by atoms with E-state index in [-0.39, 0.29) is 23.8 Å². The molecule has 0 aliphatic heterocycles. The molecule has 2 atom stereocenters. The van der Waals surface area contributed by atoms with Crippen molar-refractivity contribution in [1.29, 1.82) is 0 Å². The number of amides is 2. The summed E-state index contributed by atoms with van der Waals surface area (Å²) in [5.41, 5.74) is 2.47. The van der Waals surface area contributed by atoms with Crippen molar-refractivity contribution >= 4 is 17.5 Å². The van der Waals surface area contributed by atoms with Crippen LogP contribution in [0, 0.1) is 5.92 Å². The average molecular weight is 330 g/mol. The summed E-state index contributed by atoms with van der Waals surface area (Å²) in [6.07, 6.45) is 6.08. The summed E-state index contributed by atoms with van der Waals surface area (Å²) in [6.45, 7) is 0.552. The lowest BCUT2D eigenvalue weighted by atomic mass is 9.86. The Kier molecular flexibility index (Phi) is 5.19. The first-order valence-electron chi connectivity index (χ1n) is 8.91. The van der Waals surface area contributed by atoms with Crippen LogP contribution >= 0.6 is 0 Å². The molecule has 2 amide bonds. The number of hydrogen-bond acceptors (Lipinski definition) is 3. The maximum absolute atomic E-state index is 12.4. The van der Waals surface area contributed by atoms with Gasteiger partial charge in [-0.1, -0.05) is 18.9 Å². The Bertz CT molecular complexity index is 629. The molecular weight excluding hydrogens is 304 g/mol. The van der Waals surface area contributed by atoms with Gasteiger partial charge in [0.1, 0.15) is 0 Å². The Morgan fingerprint density at radius 1 is 1.25 bits per heavy atom. The van der Waals surface area contributed by atoms with Crippen molar-refractivity contribution in [2.24, 2.45) is 5.92 Å². The highest BCUT2D eigenvalue weighted by atomic mass is 16.3. The van der Waals surface area contributed by atoms with Crippen LogP contribution in [0.5, 0.6) is 0 Å². The lowest BCUT2D eigenvalue weighted by molar-refractivity contribution is 0.0575. The normalized spacial score (nSPS) is 23.5. The number of aliphatic hydroxyl groups excluding tert-OH is 1. The summed E-state index contributed by atoms with van der Waals surface area (Å²) in [4.78, 5) is 26.0. The van der Waals surface area contributed by atoms with E-state index in [0.717, 1.165) is 49.7 Å². The van der Waals surface area contributed by atoms with E-state index in [1.807, 2.05) is 12.1 Å². The van der Waals surface area contributed by atoms with Crippen molar-refractivity contribution in [3.05, 3.63) is 29.3 Å². The molecule has 0 unspecified atom stereocenters. The minimum atomic E-state index is -0.310. The number of Topliss-reactive ketones (excluding diaryl/α,β-unsaturated/α-hetero) is 1. The van der Waals surface area contributed by atoms with Gasteiger partial charge in [-0.2, -0.15) is 0 Å². The van der Waals surface area contributed by atoms with Gasteiger partial charge < -0.3 is 15.3 Å². The number of urea groups is 1. The molecule has 1 saturated carbocycles. The molecule has 2 N–H and O–H groups in total. The van der Waals surface area contributed by atoms with Gasteiger partial charge in [-0.25, -0.2) is 4.79 Å². The van der Waals surface area contributed by atoms with Crippen molar-refractivity contribution in [1.82, 2.24) is 4.90 Å². The Hall–Kier alpha value is -1.88. The zero-order chi connectivity index (χ0) is 17.1. The summed E-state index contributed by atoms with van der Waals surface area (Å²) in [6, 6.07) is 5.39. The van der Waals surface area contributed by atoms with Crippen LogP contribution in [0.3, 0.4) is 0 Å². The zero-order valence-electron chi connectivity index (χ0n) is 14.3. The monoisotopic (exact) mass is 330 g/mol. The van der Waals surface area contributed by atoms with Gasteiger partial charge in [0.05, 0.1) is 6.10 Å². The van der Waals surface area contributed by atoms with E-state index in [2.05, 4.69) is 5.32 Å². The summed E-state index contributed by atoms with van der Waals surface area (Å²) >= 11 is 0. The molecule has 2 aliphatic carbocycles. The summed E-state index contributed by atoms with van der Waals surface area (Å²) < 4.78 is 0. The van der Waals surface area contributed by atoms with Crippen LogP contribution in [0.1, 0.15) is 54.4 Å². The number of fused-ring (bicyclic) bond motifs is 1. The molecule has 0 heterocycles. The number of carbonyl (C=O) groups excluding carboxylic acids is 2. The number of hydrogen-bond donors (Lipinski definition) is 2. The fraction of sp³-hybridized carbons (Fsp3) is 0.579. The van der Waals surface area contributed by atoms with Crippen LogP contribution in [-0.2, 0) is 6.42 Å². The highest BCUT2D eigenvalue weighted by molar-refractivity contribution is 6.00. The predicted molar refractivity (Wildman–Crippen MR) is 93.3 cm³/mol. The van der Waals surface area contributed by atoms with E-state index in [4.69, 9.17) is 0 Å². The molecule has 0 saturated heterocycles. The van der Waals surface area contributed by atoms with Crippen molar-refractivity contribution < 1.29 is 14.7 Å². The first-order chi connectivity index (χ1) is 11.5. The third-order valence-corrected chi connectivity index (χ3v) is 5.24. The lowest BCUT2D eigenvalue weighted by Crippen LogP contribution is -2.40. The summed E-state index contributed by atoms with van der Waals surface area (Å²) in [5, 5.41) is 12.9. The van der Waals surface area contributed by atoms with Crippen molar-refractivity contribution in [3.8, 4) is 0 Å². The second-order valence-electron chi connectivity index (χ2n) is 7.07. The molecule has 0 spiro atoms. The molecule has 0 bridgehead atoms. The SMILES string of the molecule is CN(C[C@H]1CCCC[C@H]1O)C(=O)Nc1ccc2c(c1)C(=O)CCC2. The van der Waals surface area contributed by atoms with Gasteiger partial charge in [0, 0.05) is 37.2 Å². The van der Waals surface area contributed by atoms with Gasteiger partial charge in [0.15, 0.2) is 5.78 Å².